The number of hydrogen-bond donors (Lipinski definition) is 0. The summed E-state index contributed by atoms with van der Waals surface area (Å²) < 4.78 is 0. The van der Waals surface area contributed by atoms with Gasteiger partial charge in [-0.05, 0) is 36.4 Å². The highest BCUT2D eigenvalue weighted by Crippen LogP contribution is 1.95. The minimum Gasteiger partial charge on any atom is -0.0935 e. The maximum absolute atomic E-state index is 4.64. The molecule has 0 rings (SSSR count). The standard InChI is InChI=1S/C6H10S2/c7-5-3-1-2-4-6-8/h5-6H,1-4H2. The first-order valence-corrected chi connectivity index (χ1v) is 3.73. The van der Waals surface area contributed by atoms with E-state index in [-0.39, 0.29) is 0 Å². The van der Waals surface area contributed by atoms with E-state index in [0.29, 0.717) is 0 Å². The Morgan fingerprint density at radius 2 is 1.25 bits per heavy atom. The van der Waals surface area contributed by atoms with Crippen LogP contribution in [0, 0.1) is 0 Å². The normalized spacial score (nSPS) is 8.50. The van der Waals surface area contributed by atoms with Crippen molar-refractivity contribution in [3.05, 3.63) is 0 Å². The Labute approximate surface area is 61.3 Å². The maximum atomic E-state index is 4.64. The fourth-order valence-corrected chi connectivity index (χ4v) is 0.789. The Balaban J connectivity index is 2.71. The molecule has 0 aliphatic rings. The van der Waals surface area contributed by atoms with Crippen molar-refractivity contribution >= 4 is 35.2 Å². The summed E-state index contributed by atoms with van der Waals surface area (Å²) in [7, 11) is 0. The molecule has 0 aromatic carbocycles. The molecule has 0 atom stereocenters. The Morgan fingerprint density at radius 1 is 0.875 bits per heavy atom. The highest BCUT2D eigenvalue weighted by atomic mass is 32.1. The predicted octanol–water partition coefficient (Wildman–Crippen LogP) is 2.55. The lowest BCUT2D eigenvalue weighted by Crippen LogP contribution is -1.75. The Hall–Kier alpha value is 0.180. The fraction of sp³-hybridized carbons (Fsp3) is 0.667. The van der Waals surface area contributed by atoms with Crippen molar-refractivity contribution in [1.82, 2.24) is 0 Å². The van der Waals surface area contributed by atoms with Crippen molar-refractivity contribution in [2.75, 3.05) is 0 Å². The molecule has 0 unspecified atom stereocenters. The van der Waals surface area contributed by atoms with E-state index in [0.717, 1.165) is 12.8 Å². The molecule has 0 saturated heterocycles. The molecule has 0 fully saturated rings. The molecule has 0 aliphatic heterocycles. The molecule has 0 heterocycles. The van der Waals surface area contributed by atoms with Crippen LogP contribution < -0.4 is 0 Å². The number of thiocarbonyl (C=S) groups is 2. The van der Waals surface area contributed by atoms with Crippen molar-refractivity contribution in [1.29, 1.82) is 0 Å². The van der Waals surface area contributed by atoms with Gasteiger partial charge in [-0.3, -0.25) is 0 Å². The molecule has 0 nitrogen and oxygen atoms in total. The van der Waals surface area contributed by atoms with Gasteiger partial charge in [-0.15, -0.1) is 0 Å². The van der Waals surface area contributed by atoms with E-state index in [1.807, 2.05) is 0 Å². The lowest BCUT2D eigenvalue weighted by atomic mass is 10.2. The highest BCUT2D eigenvalue weighted by molar-refractivity contribution is 7.79. The van der Waals surface area contributed by atoms with E-state index in [1.165, 1.54) is 12.8 Å². The minimum absolute atomic E-state index is 1.05. The predicted molar refractivity (Wildman–Crippen MR) is 45.8 cm³/mol. The van der Waals surface area contributed by atoms with Crippen LogP contribution in [-0.4, -0.2) is 10.7 Å². The third-order valence-electron chi connectivity index (χ3n) is 0.894. The smallest absolute Gasteiger partial charge is 0.0210 e. The minimum atomic E-state index is 1.05. The van der Waals surface area contributed by atoms with Gasteiger partial charge in [-0.1, -0.05) is 24.4 Å². The second kappa shape index (κ2) is 7.18. The van der Waals surface area contributed by atoms with Gasteiger partial charge >= 0.3 is 0 Å². The van der Waals surface area contributed by atoms with E-state index in [2.05, 4.69) is 24.4 Å². The summed E-state index contributed by atoms with van der Waals surface area (Å²) >= 11 is 9.28. The first-order chi connectivity index (χ1) is 3.91. The van der Waals surface area contributed by atoms with Crippen LogP contribution in [0.3, 0.4) is 0 Å². The largest absolute Gasteiger partial charge is 0.0935 e. The quantitative estimate of drug-likeness (QED) is 0.432. The van der Waals surface area contributed by atoms with Gasteiger partial charge in [0.2, 0.25) is 0 Å². The number of unbranched alkanes of at least 4 members (excludes halogenated alkanes) is 3. The molecule has 0 bridgehead atoms. The van der Waals surface area contributed by atoms with Crippen LogP contribution in [0.5, 0.6) is 0 Å². The maximum Gasteiger partial charge on any atom is -0.0210 e. The molecule has 0 spiro atoms. The van der Waals surface area contributed by atoms with Crippen molar-refractivity contribution < 1.29 is 0 Å². The molecule has 46 valence electrons. The van der Waals surface area contributed by atoms with Gasteiger partial charge in [-0.25, -0.2) is 0 Å². The van der Waals surface area contributed by atoms with Gasteiger partial charge in [0.1, 0.15) is 0 Å². The van der Waals surface area contributed by atoms with Crippen LogP contribution in [0.4, 0.5) is 0 Å². The van der Waals surface area contributed by atoms with Gasteiger partial charge in [0.25, 0.3) is 0 Å². The van der Waals surface area contributed by atoms with Crippen LogP contribution in [0.2, 0.25) is 0 Å². The van der Waals surface area contributed by atoms with E-state index in [1.54, 1.807) is 10.7 Å². The van der Waals surface area contributed by atoms with Crippen molar-refractivity contribution in [2.45, 2.75) is 25.7 Å². The Bertz CT molecular complexity index is 58.9. The first kappa shape index (κ1) is 8.18. The molecule has 8 heavy (non-hydrogen) atoms. The summed E-state index contributed by atoms with van der Waals surface area (Å²) in [4.78, 5) is 0. The van der Waals surface area contributed by atoms with E-state index >= 15 is 0 Å². The van der Waals surface area contributed by atoms with Crippen LogP contribution in [-0.2, 0) is 0 Å². The summed E-state index contributed by atoms with van der Waals surface area (Å²) in [6.07, 6.45) is 4.49. The molecular weight excluding hydrogens is 136 g/mol. The number of rotatable bonds is 5. The molecule has 0 saturated carbocycles. The number of hydrogen-bond acceptors (Lipinski definition) is 2. The van der Waals surface area contributed by atoms with E-state index in [4.69, 9.17) is 0 Å². The molecule has 0 N–H and O–H groups in total. The van der Waals surface area contributed by atoms with E-state index < -0.39 is 0 Å². The van der Waals surface area contributed by atoms with Crippen molar-refractivity contribution in [3.8, 4) is 0 Å². The lowest BCUT2D eigenvalue weighted by Gasteiger charge is -1.87. The van der Waals surface area contributed by atoms with Crippen LogP contribution in [0.15, 0.2) is 0 Å². The summed E-state index contributed by atoms with van der Waals surface area (Å²) in [5, 5.41) is 3.56. The van der Waals surface area contributed by atoms with Gasteiger partial charge in [0.15, 0.2) is 0 Å². The zero-order chi connectivity index (χ0) is 6.24. The summed E-state index contributed by atoms with van der Waals surface area (Å²) in [5.74, 6) is 0. The first-order valence-electron chi connectivity index (χ1n) is 2.79. The molecule has 0 amide bonds. The lowest BCUT2D eigenvalue weighted by molar-refractivity contribution is 0.813. The molecule has 0 radical (unpaired) electrons. The van der Waals surface area contributed by atoms with Crippen molar-refractivity contribution in [2.24, 2.45) is 0 Å². The fourth-order valence-electron chi connectivity index (χ4n) is 0.455. The second-order valence-electron chi connectivity index (χ2n) is 1.62. The third-order valence-corrected chi connectivity index (χ3v) is 1.37. The highest BCUT2D eigenvalue weighted by Gasteiger charge is 1.80. The molecule has 0 aliphatic carbocycles. The summed E-state index contributed by atoms with van der Waals surface area (Å²) in [5.41, 5.74) is 0. The molecular formula is C6H10S2. The Morgan fingerprint density at radius 3 is 1.50 bits per heavy atom. The van der Waals surface area contributed by atoms with Gasteiger partial charge in [0, 0.05) is 0 Å². The van der Waals surface area contributed by atoms with Gasteiger partial charge < -0.3 is 0 Å². The summed E-state index contributed by atoms with van der Waals surface area (Å²) in [6.45, 7) is 0. The second-order valence-corrected chi connectivity index (χ2v) is 2.28. The molecule has 2 heteroatoms. The monoisotopic (exact) mass is 146 g/mol. The van der Waals surface area contributed by atoms with Gasteiger partial charge in [-0.2, -0.15) is 0 Å². The SMILES string of the molecule is S=CCCCCC=S. The van der Waals surface area contributed by atoms with Crippen LogP contribution >= 0.6 is 24.4 Å². The molecule has 0 aromatic heterocycles. The van der Waals surface area contributed by atoms with E-state index in [9.17, 15) is 0 Å². The van der Waals surface area contributed by atoms with Crippen LogP contribution in [0.1, 0.15) is 25.7 Å². The molecule has 0 aromatic rings. The van der Waals surface area contributed by atoms with Gasteiger partial charge in [0.05, 0.1) is 0 Å². The third kappa shape index (κ3) is 6.18. The Kier molecular flexibility index (Phi) is 7.34. The van der Waals surface area contributed by atoms with Crippen molar-refractivity contribution in [3.63, 3.8) is 0 Å². The average Bonchev–Trinajstić information content (AvgIpc) is 1.81. The summed E-state index contributed by atoms with van der Waals surface area (Å²) in [6, 6.07) is 0. The zero-order valence-corrected chi connectivity index (χ0v) is 6.43. The topological polar surface area (TPSA) is 0 Å². The van der Waals surface area contributed by atoms with Crippen LogP contribution in [0.25, 0.3) is 0 Å². The zero-order valence-electron chi connectivity index (χ0n) is 4.80. The average molecular weight is 146 g/mol.